The van der Waals surface area contributed by atoms with Crippen LogP contribution in [0.5, 0.6) is 5.06 Å². The largest absolute Gasteiger partial charge is 0.486 e. The summed E-state index contributed by atoms with van der Waals surface area (Å²) in [5.41, 5.74) is 0.369. The number of benzene rings is 1. The zero-order valence-corrected chi connectivity index (χ0v) is 12.5. The molecule has 0 radical (unpaired) electrons. The number of carboxylic acid groups (broad SMARTS) is 1. The number of nitrogens with zero attached hydrogens (tertiary/aromatic N) is 2. The van der Waals surface area contributed by atoms with Crippen molar-refractivity contribution in [3.63, 3.8) is 0 Å². The molecule has 2 rings (SSSR count). The molecule has 0 aliphatic rings. The Morgan fingerprint density at radius 3 is 2.62 bits per heavy atom. The molecule has 0 fully saturated rings. The summed E-state index contributed by atoms with van der Waals surface area (Å²) in [6.07, 6.45) is 1.49. The van der Waals surface area contributed by atoms with Gasteiger partial charge in [0, 0.05) is 10.6 Å². The van der Waals surface area contributed by atoms with Crippen molar-refractivity contribution in [2.45, 2.75) is 6.54 Å². The number of aliphatic carboxylic acids is 1. The van der Waals surface area contributed by atoms with E-state index >= 15 is 0 Å². The van der Waals surface area contributed by atoms with E-state index in [0.29, 0.717) is 15.6 Å². The van der Waals surface area contributed by atoms with E-state index < -0.39 is 11.9 Å². The Morgan fingerprint density at radius 1 is 1.38 bits per heavy atom. The molecular formula is C13H11ClN2O4S. The minimum Gasteiger partial charge on any atom is -0.486 e. The zero-order chi connectivity index (χ0) is 15.4. The summed E-state index contributed by atoms with van der Waals surface area (Å²) in [5, 5.41) is 9.85. The van der Waals surface area contributed by atoms with Crippen LogP contribution in [-0.4, -0.2) is 28.7 Å². The first-order valence-electron chi connectivity index (χ1n) is 5.80. The van der Waals surface area contributed by atoms with Crippen molar-refractivity contribution < 1.29 is 19.4 Å². The Hall–Kier alpha value is -2.12. The molecule has 1 aromatic heterocycles. The fourth-order valence-corrected chi connectivity index (χ4v) is 2.47. The van der Waals surface area contributed by atoms with Crippen molar-refractivity contribution in [2.75, 3.05) is 7.11 Å². The first-order valence-corrected chi connectivity index (χ1v) is 6.99. The van der Waals surface area contributed by atoms with Crippen LogP contribution in [0.1, 0.15) is 10.4 Å². The van der Waals surface area contributed by atoms with Gasteiger partial charge in [-0.3, -0.25) is 9.59 Å². The minimum atomic E-state index is -1.03. The van der Waals surface area contributed by atoms with Crippen LogP contribution in [0.25, 0.3) is 0 Å². The summed E-state index contributed by atoms with van der Waals surface area (Å²) in [4.78, 5) is 27.1. The van der Waals surface area contributed by atoms with Crippen LogP contribution in [0.2, 0.25) is 5.02 Å². The lowest BCUT2D eigenvalue weighted by Crippen LogP contribution is -2.20. The molecule has 0 unspecified atom stereocenters. The molecule has 0 aliphatic carbocycles. The number of carbonyl (C=O) groups excluding carboxylic acids is 1. The third kappa shape index (κ3) is 3.93. The second-order valence-electron chi connectivity index (χ2n) is 3.98. The Labute approximate surface area is 128 Å². The SMILES string of the molecule is COc1cn(CC(=O)O)c(=NC(=O)c2ccc(Cl)cc2)s1. The molecule has 21 heavy (non-hydrogen) atoms. The number of ether oxygens (including phenoxy) is 1. The van der Waals surface area contributed by atoms with Gasteiger partial charge >= 0.3 is 5.97 Å². The molecule has 1 amide bonds. The van der Waals surface area contributed by atoms with Crippen LogP contribution in [0, 0.1) is 0 Å². The summed E-state index contributed by atoms with van der Waals surface area (Å²) >= 11 is 6.85. The highest BCUT2D eigenvalue weighted by atomic mass is 35.5. The third-order valence-electron chi connectivity index (χ3n) is 2.49. The standard InChI is InChI=1S/C13H11ClN2O4S/c1-20-11-7-16(6-10(17)18)13(21-11)15-12(19)8-2-4-9(14)5-3-8/h2-5,7H,6H2,1H3,(H,17,18). The van der Waals surface area contributed by atoms with Crippen LogP contribution in [0.4, 0.5) is 0 Å². The minimum absolute atomic E-state index is 0.259. The van der Waals surface area contributed by atoms with Gasteiger partial charge in [-0.1, -0.05) is 22.9 Å². The fourth-order valence-electron chi connectivity index (χ4n) is 1.54. The maximum Gasteiger partial charge on any atom is 0.323 e. The Kier molecular flexibility index (Phi) is 4.77. The van der Waals surface area contributed by atoms with Crippen LogP contribution in [0.15, 0.2) is 35.5 Å². The van der Waals surface area contributed by atoms with Crippen molar-refractivity contribution in [3.8, 4) is 5.06 Å². The molecule has 1 heterocycles. The van der Waals surface area contributed by atoms with Gasteiger partial charge in [-0.2, -0.15) is 4.99 Å². The van der Waals surface area contributed by atoms with E-state index in [1.807, 2.05) is 0 Å². The molecule has 0 spiro atoms. The molecule has 1 N–H and O–H groups in total. The maximum atomic E-state index is 12.1. The molecular weight excluding hydrogens is 316 g/mol. The highest BCUT2D eigenvalue weighted by Gasteiger charge is 2.09. The van der Waals surface area contributed by atoms with Gasteiger partial charge < -0.3 is 14.4 Å². The normalized spacial score (nSPS) is 11.4. The average Bonchev–Trinajstić information content (AvgIpc) is 2.81. The smallest absolute Gasteiger partial charge is 0.323 e. The predicted molar refractivity (Wildman–Crippen MR) is 77.8 cm³/mol. The number of aromatic nitrogens is 1. The molecule has 0 atom stereocenters. The van der Waals surface area contributed by atoms with Gasteiger partial charge in [0.1, 0.15) is 6.54 Å². The molecule has 0 bridgehead atoms. The Balaban J connectivity index is 2.39. The maximum absolute atomic E-state index is 12.1. The van der Waals surface area contributed by atoms with Crippen molar-refractivity contribution >= 4 is 34.8 Å². The number of amides is 1. The van der Waals surface area contributed by atoms with Gasteiger partial charge in [0.05, 0.1) is 13.3 Å². The molecule has 0 aliphatic heterocycles. The highest BCUT2D eigenvalue weighted by Crippen LogP contribution is 2.14. The fraction of sp³-hybridized carbons (Fsp3) is 0.154. The monoisotopic (exact) mass is 326 g/mol. The molecule has 8 heteroatoms. The number of carbonyl (C=O) groups is 2. The van der Waals surface area contributed by atoms with E-state index in [9.17, 15) is 9.59 Å². The van der Waals surface area contributed by atoms with Crippen LogP contribution < -0.4 is 9.54 Å². The molecule has 110 valence electrons. The van der Waals surface area contributed by atoms with Crippen molar-refractivity contribution in [2.24, 2.45) is 4.99 Å². The number of thiazole rings is 1. The second-order valence-corrected chi connectivity index (χ2v) is 5.39. The van der Waals surface area contributed by atoms with E-state index in [2.05, 4.69) is 4.99 Å². The van der Waals surface area contributed by atoms with Gasteiger partial charge in [-0.05, 0) is 24.3 Å². The van der Waals surface area contributed by atoms with E-state index in [-0.39, 0.29) is 11.3 Å². The summed E-state index contributed by atoms with van der Waals surface area (Å²) in [6, 6.07) is 6.29. The van der Waals surface area contributed by atoms with Gasteiger partial charge in [-0.15, -0.1) is 0 Å². The van der Waals surface area contributed by atoms with Gasteiger partial charge in [-0.25, -0.2) is 0 Å². The molecule has 0 saturated heterocycles. The number of halogens is 1. The third-order valence-corrected chi connectivity index (χ3v) is 3.73. The zero-order valence-electron chi connectivity index (χ0n) is 10.9. The lowest BCUT2D eigenvalue weighted by molar-refractivity contribution is -0.137. The predicted octanol–water partition coefficient (Wildman–Crippen LogP) is 2.04. The second kappa shape index (κ2) is 6.55. The molecule has 0 saturated carbocycles. The lowest BCUT2D eigenvalue weighted by Gasteiger charge is -1.97. The lowest BCUT2D eigenvalue weighted by atomic mass is 10.2. The number of methoxy groups -OCH3 is 1. The van der Waals surface area contributed by atoms with Gasteiger partial charge in [0.25, 0.3) is 5.91 Å². The van der Waals surface area contributed by atoms with Crippen LogP contribution in [0.3, 0.4) is 0 Å². The van der Waals surface area contributed by atoms with E-state index in [1.54, 1.807) is 24.3 Å². The van der Waals surface area contributed by atoms with Crippen LogP contribution in [-0.2, 0) is 11.3 Å². The van der Waals surface area contributed by atoms with Crippen LogP contribution >= 0.6 is 22.9 Å². The molecule has 1 aromatic carbocycles. The molecule has 2 aromatic rings. The highest BCUT2D eigenvalue weighted by molar-refractivity contribution is 7.11. The topological polar surface area (TPSA) is 80.9 Å². The van der Waals surface area contributed by atoms with E-state index in [1.165, 1.54) is 17.9 Å². The van der Waals surface area contributed by atoms with Gasteiger partial charge in [0.2, 0.25) is 0 Å². The summed E-state index contributed by atoms with van der Waals surface area (Å²) < 4.78 is 6.38. The summed E-state index contributed by atoms with van der Waals surface area (Å²) in [7, 11) is 1.46. The first-order chi connectivity index (χ1) is 9.99. The number of carboxylic acids is 1. The Morgan fingerprint density at radius 2 is 2.05 bits per heavy atom. The summed E-state index contributed by atoms with van der Waals surface area (Å²) in [5.74, 6) is -1.51. The first kappa shape index (κ1) is 15.3. The van der Waals surface area contributed by atoms with Gasteiger partial charge in [0.15, 0.2) is 9.86 Å². The van der Waals surface area contributed by atoms with E-state index in [4.69, 9.17) is 21.4 Å². The average molecular weight is 327 g/mol. The summed E-state index contributed by atoms with van der Waals surface area (Å²) in [6.45, 7) is -0.299. The van der Waals surface area contributed by atoms with Crippen molar-refractivity contribution in [1.29, 1.82) is 0 Å². The number of hydrogen-bond acceptors (Lipinski definition) is 4. The number of rotatable bonds is 4. The van der Waals surface area contributed by atoms with Crippen molar-refractivity contribution in [3.05, 3.63) is 45.8 Å². The quantitative estimate of drug-likeness (QED) is 0.932. The van der Waals surface area contributed by atoms with E-state index in [0.717, 1.165) is 11.3 Å². The molecule has 6 nitrogen and oxygen atoms in total. The van der Waals surface area contributed by atoms with Crippen molar-refractivity contribution in [1.82, 2.24) is 4.57 Å². The number of hydrogen-bond donors (Lipinski definition) is 1. The Bertz CT molecular complexity index is 733.